The predicted octanol–water partition coefficient (Wildman–Crippen LogP) is 5.52. The molecule has 24 heavy (non-hydrogen) atoms. The van der Waals surface area contributed by atoms with Gasteiger partial charge in [-0.2, -0.15) is 0 Å². The van der Waals surface area contributed by atoms with Crippen LogP contribution in [0, 0.1) is 0 Å². The number of thiazole rings is 1. The summed E-state index contributed by atoms with van der Waals surface area (Å²) in [7, 11) is 0. The molecule has 1 fully saturated rings. The molecule has 1 aliphatic rings. The van der Waals surface area contributed by atoms with Gasteiger partial charge in [0, 0.05) is 6.54 Å². The zero-order valence-corrected chi connectivity index (χ0v) is 14.6. The van der Waals surface area contributed by atoms with Gasteiger partial charge in [-0.1, -0.05) is 41.1 Å². The molecule has 3 aromatic rings. The van der Waals surface area contributed by atoms with Crippen LogP contribution in [0.2, 0.25) is 5.02 Å². The van der Waals surface area contributed by atoms with E-state index >= 15 is 0 Å². The molecule has 0 aliphatic carbocycles. The number of benzene rings is 2. The zero-order chi connectivity index (χ0) is 16.5. The Morgan fingerprint density at radius 1 is 1.17 bits per heavy atom. The SMILES string of the molecule is [O]c1cccc2nc(N3CCCCC3Nc3ccccc3Cl)sc12. The molecule has 4 nitrogen and oxygen atoms in total. The van der Waals surface area contributed by atoms with E-state index in [2.05, 4.69) is 15.2 Å². The van der Waals surface area contributed by atoms with Crippen molar-refractivity contribution >= 4 is 44.0 Å². The van der Waals surface area contributed by atoms with E-state index in [1.807, 2.05) is 30.3 Å². The monoisotopic (exact) mass is 358 g/mol. The average molecular weight is 359 g/mol. The number of halogens is 1. The minimum absolute atomic E-state index is 0.0453. The number of piperidine rings is 1. The van der Waals surface area contributed by atoms with Crippen LogP contribution in [0.4, 0.5) is 10.8 Å². The van der Waals surface area contributed by atoms with E-state index < -0.39 is 0 Å². The lowest BCUT2D eigenvalue weighted by Crippen LogP contribution is -2.44. The molecule has 1 unspecified atom stereocenters. The summed E-state index contributed by atoms with van der Waals surface area (Å²) in [5.41, 5.74) is 1.71. The third-order valence-electron chi connectivity index (χ3n) is 4.31. The third-order valence-corrected chi connectivity index (χ3v) is 5.76. The highest BCUT2D eigenvalue weighted by atomic mass is 35.5. The largest absolute Gasteiger partial charge is 0.364 e. The number of rotatable bonds is 3. The molecule has 1 aromatic heterocycles. The van der Waals surface area contributed by atoms with E-state index in [0.717, 1.165) is 46.8 Å². The van der Waals surface area contributed by atoms with Crippen LogP contribution in [0.25, 0.3) is 10.2 Å². The van der Waals surface area contributed by atoms with Gasteiger partial charge in [0.25, 0.3) is 0 Å². The molecule has 2 heterocycles. The van der Waals surface area contributed by atoms with Crippen LogP contribution in [0.15, 0.2) is 42.5 Å². The van der Waals surface area contributed by atoms with Gasteiger partial charge in [-0.05, 0) is 43.5 Å². The van der Waals surface area contributed by atoms with Crippen LogP contribution in [0.5, 0.6) is 5.75 Å². The molecule has 4 rings (SSSR count). The number of aromatic nitrogens is 1. The molecule has 0 amide bonds. The number of para-hydroxylation sites is 1. The summed E-state index contributed by atoms with van der Waals surface area (Å²) in [6.07, 6.45) is 3.44. The Labute approximate surface area is 149 Å². The molecule has 1 N–H and O–H groups in total. The van der Waals surface area contributed by atoms with Gasteiger partial charge in [0.05, 0.1) is 16.2 Å². The number of hydrogen-bond donors (Lipinski definition) is 1. The lowest BCUT2D eigenvalue weighted by molar-refractivity contribution is 0.361. The Balaban J connectivity index is 1.66. The Hall–Kier alpha value is -1.98. The molecule has 0 saturated carbocycles. The van der Waals surface area contributed by atoms with Crippen molar-refractivity contribution in [1.29, 1.82) is 0 Å². The number of hydrogen-bond acceptors (Lipinski definition) is 4. The Bertz CT molecular complexity index is 866. The molecule has 123 valence electrons. The van der Waals surface area contributed by atoms with Crippen molar-refractivity contribution in [2.45, 2.75) is 25.4 Å². The molecule has 1 saturated heterocycles. The minimum Gasteiger partial charge on any atom is -0.364 e. The topological polar surface area (TPSA) is 48.1 Å². The van der Waals surface area contributed by atoms with Crippen LogP contribution >= 0.6 is 22.9 Å². The molecular weight excluding hydrogens is 342 g/mol. The molecule has 0 spiro atoms. The maximum atomic E-state index is 12.0. The minimum atomic E-state index is 0.0453. The van der Waals surface area contributed by atoms with Gasteiger partial charge in [-0.15, -0.1) is 0 Å². The van der Waals surface area contributed by atoms with Crippen molar-refractivity contribution in [3.63, 3.8) is 0 Å². The van der Waals surface area contributed by atoms with Gasteiger partial charge in [-0.25, -0.2) is 4.98 Å². The summed E-state index contributed by atoms with van der Waals surface area (Å²) < 4.78 is 0.731. The van der Waals surface area contributed by atoms with E-state index in [-0.39, 0.29) is 11.9 Å². The van der Waals surface area contributed by atoms with Crippen molar-refractivity contribution in [2.75, 3.05) is 16.8 Å². The van der Waals surface area contributed by atoms with Crippen LogP contribution in [0.3, 0.4) is 0 Å². The molecule has 0 bridgehead atoms. The predicted molar refractivity (Wildman–Crippen MR) is 99.8 cm³/mol. The Morgan fingerprint density at radius 2 is 2.04 bits per heavy atom. The van der Waals surface area contributed by atoms with E-state index in [0.29, 0.717) is 5.02 Å². The van der Waals surface area contributed by atoms with Crippen LogP contribution in [-0.2, 0) is 5.11 Å². The highest BCUT2D eigenvalue weighted by Gasteiger charge is 2.26. The van der Waals surface area contributed by atoms with Gasteiger partial charge in [0.2, 0.25) is 0 Å². The summed E-state index contributed by atoms with van der Waals surface area (Å²) in [4.78, 5) is 6.94. The number of nitrogens with one attached hydrogen (secondary N) is 1. The van der Waals surface area contributed by atoms with Crippen molar-refractivity contribution in [3.05, 3.63) is 47.5 Å². The van der Waals surface area contributed by atoms with Crippen LogP contribution < -0.4 is 10.2 Å². The van der Waals surface area contributed by atoms with Gasteiger partial charge < -0.3 is 10.2 Å². The van der Waals surface area contributed by atoms with E-state index in [4.69, 9.17) is 11.6 Å². The van der Waals surface area contributed by atoms with Crippen molar-refractivity contribution in [1.82, 2.24) is 4.98 Å². The van der Waals surface area contributed by atoms with E-state index in [9.17, 15) is 5.11 Å². The number of anilines is 2. The normalized spacial score (nSPS) is 18.0. The Kier molecular flexibility index (Phi) is 4.21. The highest BCUT2D eigenvalue weighted by Crippen LogP contribution is 2.37. The first-order valence-electron chi connectivity index (χ1n) is 8.06. The van der Waals surface area contributed by atoms with Crippen molar-refractivity contribution in [3.8, 4) is 5.75 Å². The second-order valence-electron chi connectivity index (χ2n) is 5.93. The summed E-state index contributed by atoms with van der Waals surface area (Å²) in [5, 5.41) is 17.2. The zero-order valence-electron chi connectivity index (χ0n) is 13.0. The van der Waals surface area contributed by atoms with Crippen LogP contribution in [0.1, 0.15) is 19.3 Å². The lowest BCUT2D eigenvalue weighted by Gasteiger charge is -2.36. The summed E-state index contributed by atoms with van der Waals surface area (Å²) in [5.74, 6) is 0.0453. The quantitative estimate of drug-likeness (QED) is 0.670. The fraction of sp³-hybridized carbons (Fsp3) is 0.278. The van der Waals surface area contributed by atoms with Gasteiger partial charge >= 0.3 is 0 Å². The first kappa shape index (κ1) is 15.5. The second kappa shape index (κ2) is 6.49. The third kappa shape index (κ3) is 2.89. The summed E-state index contributed by atoms with van der Waals surface area (Å²) in [6.45, 7) is 0.927. The maximum absolute atomic E-state index is 12.0. The first-order valence-corrected chi connectivity index (χ1v) is 9.26. The summed E-state index contributed by atoms with van der Waals surface area (Å²) in [6, 6.07) is 13.0. The van der Waals surface area contributed by atoms with E-state index in [1.54, 1.807) is 12.1 Å². The Morgan fingerprint density at radius 3 is 2.88 bits per heavy atom. The first-order chi connectivity index (χ1) is 11.7. The fourth-order valence-electron chi connectivity index (χ4n) is 3.10. The second-order valence-corrected chi connectivity index (χ2v) is 7.31. The van der Waals surface area contributed by atoms with Crippen molar-refractivity contribution < 1.29 is 5.11 Å². The standard InChI is InChI=1S/C18H17ClN3OS/c19-12-6-1-2-7-13(12)20-16-10-3-4-11-22(16)18-21-14-8-5-9-15(23)17(14)24-18/h1-2,5-9,16,20H,3-4,10-11H2. The smallest absolute Gasteiger partial charge is 0.198 e. The molecule has 1 atom stereocenters. The van der Waals surface area contributed by atoms with Crippen LogP contribution in [-0.4, -0.2) is 17.7 Å². The molecule has 6 heteroatoms. The lowest BCUT2D eigenvalue weighted by atomic mass is 10.1. The fourth-order valence-corrected chi connectivity index (χ4v) is 4.34. The average Bonchev–Trinajstić information content (AvgIpc) is 3.03. The molecule has 1 aliphatic heterocycles. The van der Waals surface area contributed by atoms with Gasteiger partial charge in [-0.3, -0.25) is 5.11 Å². The number of nitrogens with zero attached hydrogens (tertiary/aromatic N) is 2. The van der Waals surface area contributed by atoms with E-state index in [1.165, 1.54) is 11.3 Å². The molecule has 2 aromatic carbocycles. The van der Waals surface area contributed by atoms with Crippen molar-refractivity contribution in [2.24, 2.45) is 0 Å². The van der Waals surface area contributed by atoms with Gasteiger partial charge in [0.15, 0.2) is 10.9 Å². The number of fused-ring (bicyclic) bond motifs is 1. The molecular formula is C18H17ClN3OS. The summed E-state index contributed by atoms with van der Waals surface area (Å²) >= 11 is 7.77. The van der Waals surface area contributed by atoms with Gasteiger partial charge in [0.1, 0.15) is 10.9 Å². The molecule has 1 radical (unpaired) electrons. The maximum Gasteiger partial charge on any atom is 0.198 e. The highest BCUT2D eigenvalue weighted by molar-refractivity contribution is 7.22.